The first kappa shape index (κ1) is 16.3. The van der Waals surface area contributed by atoms with Crippen LogP contribution in [0.15, 0.2) is 67.3 Å². The number of hydrogen-bond donors (Lipinski definition) is 2. The van der Waals surface area contributed by atoms with Crippen molar-refractivity contribution >= 4 is 17.6 Å². The van der Waals surface area contributed by atoms with Crippen molar-refractivity contribution in [2.24, 2.45) is 0 Å². The molecule has 0 fully saturated rings. The Morgan fingerprint density at radius 2 is 1.56 bits per heavy atom. The maximum Gasteiger partial charge on any atom is 0.274 e. The zero-order valence-corrected chi connectivity index (χ0v) is 13.2. The highest BCUT2D eigenvalue weighted by Gasteiger charge is 2.16. The summed E-state index contributed by atoms with van der Waals surface area (Å²) < 4.78 is 0. The number of amides is 2. The van der Waals surface area contributed by atoms with E-state index in [9.17, 15) is 9.59 Å². The fourth-order valence-electron chi connectivity index (χ4n) is 2.13. The number of hydrogen-bond acceptors (Lipinski definition) is 5. The molecular formula is C18H15N5O2. The van der Waals surface area contributed by atoms with Crippen LogP contribution in [-0.4, -0.2) is 26.8 Å². The number of nitrogens with one attached hydrogen (secondary N) is 2. The molecule has 7 heteroatoms. The van der Waals surface area contributed by atoms with E-state index in [1.165, 1.54) is 12.4 Å². The predicted octanol–water partition coefficient (Wildman–Crippen LogP) is 2.05. The fraction of sp³-hybridized carbons (Fsp3) is 0.0556. The molecule has 2 N–H and O–H groups in total. The van der Waals surface area contributed by atoms with E-state index in [0.717, 1.165) is 5.56 Å². The Balaban J connectivity index is 1.72. The minimum absolute atomic E-state index is 0.0563. The molecule has 0 aliphatic heterocycles. The third-order valence-electron chi connectivity index (χ3n) is 3.38. The van der Waals surface area contributed by atoms with Crippen LogP contribution in [-0.2, 0) is 6.54 Å². The van der Waals surface area contributed by atoms with Crippen molar-refractivity contribution in [2.45, 2.75) is 6.54 Å². The number of aromatic nitrogens is 3. The van der Waals surface area contributed by atoms with Crippen LogP contribution in [0.25, 0.3) is 0 Å². The first-order valence-electron chi connectivity index (χ1n) is 7.58. The fourth-order valence-corrected chi connectivity index (χ4v) is 2.13. The van der Waals surface area contributed by atoms with Gasteiger partial charge in [-0.15, -0.1) is 0 Å². The number of benzene rings is 1. The number of anilines is 1. The Bertz CT molecular complexity index is 869. The smallest absolute Gasteiger partial charge is 0.274 e. The third-order valence-corrected chi connectivity index (χ3v) is 3.38. The van der Waals surface area contributed by atoms with Crippen LogP contribution < -0.4 is 10.6 Å². The molecule has 0 bridgehead atoms. The van der Waals surface area contributed by atoms with Gasteiger partial charge in [-0.3, -0.25) is 14.6 Å². The summed E-state index contributed by atoms with van der Waals surface area (Å²) >= 11 is 0. The third kappa shape index (κ3) is 4.23. The van der Waals surface area contributed by atoms with Gasteiger partial charge in [0.2, 0.25) is 0 Å². The average Bonchev–Trinajstić information content (AvgIpc) is 2.68. The van der Waals surface area contributed by atoms with E-state index >= 15 is 0 Å². The van der Waals surface area contributed by atoms with Crippen molar-refractivity contribution in [3.63, 3.8) is 0 Å². The van der Waals surface area contributed by atoms with Crippen LogP contribution in [0.2, 0.25) is 0 Å². The Morgan fingerprint density at radius 1 is 0.840 bits per heavy atom. The standard InChI is InChI=1S/C18H15N5O2/c24-17(14-4-2-1-3-5-14)23-16-15(20-10-11-21-16)18(25)22-12-13-6-8-19-9-7-13/h1-11H,12H2,(H,22,25)(H,21,23,24). The van der Waals surface area contributed by atoms with Gasteiger partial charge in [-0.05, 0) is 29.8 Å². The van der Waals surface area contributed by atoms with Gasteiger partial charge in [-0.1, -0.05) is 18.2 Å². The SMILES string of the molecule is O=C(Nc1nccnc1C(=O)NCc1ccncc1)c1ccccc1. The summed E-state index contributed by atoms with van der Waals surface area (Å²) in [5, 5.41) is 5.37. The lowest BCUT2D eigenvalue weighted by Crippen LogP contribution is -2.26. The summed E-state index contributed by atoms with van der Waals surface area (Å²) in [6.45, 7) is 0.323. The monoisotopic (exact) mass is 333 g/mol. The quantitative estimate of drug-likeness (QED) is 0.745. The largest absolute Gasteiger partial charge is 0.346 e. The lowest BCUT2D eigenvalue weighted by molar-refractivity contribution is 0.0946. The summed E-state index contributed by atoms with van der Waals surface area (Å²) in [4.78, 5) is 36.6. The van der Waals surface area contributed by atoms with Crippen LogP contribution in [0.1, 0.15) is 26.4 Å². The van der Waals surface area contributed by atoms with Crippen LogP contribution in [0, 0.1) is 0 Å². The molecule has 124 valence electrons. The van der Waals surface area contributed by atoms with Gasteiger partial charge >= 0.3 is 0 Å². The van der Waals surface area contributed by atoms with Gasteiger partial charge < -0.3 is 10.6 Å². The van der Waals surface area contributed by atoms with Gasteiger partial charge in [-0.25, -0.2) is 9.97 Å². The van der Waals surface area contributed by atoms with Crippen molar-refractivity contribution in [1.82, 2.24) is 20.3 Å². The summed E-state index contributed by atoms with van der Waals surface area (Å²) in [7, 11) is 0. The molecule has 0 radical (unpaired) electrons. The van der Waals surface area contributed by atoms with E-state index in [-0.39, 0.29) is 17.4 Å². The molecule has 7 nitrogen and oxygen atoms in total. The Kier molecular flexibility index (Phi) is 5.06. The van der Waals surface area contributed by atoms with Crippen LogP contribution >= 0.6 is 0 Å². The lowest BCUT2D eigenvalue weighted by Gasteiger charge is -2.09. The van der Waals surface area contributed by atoms with Crippen molar-refractivity contribution in [3.05, 3.63) is 84.1 Å². The van der Waals surface area contributed by atoms with Crippen LogP contribution in [0.4, 0.5) is 5.82 Å². The van der Waals surface area contributed by atoms with Crippen molar-refractivity contribution in [3.8, 4) is 0 Å². The molecule has 0 aliphatic rings. The number of rotatable bonds is 5. The summed E-state index contributed by atoms with van der Waals surface area (Å²) in [5.41, 5.74) is 1.43. The van der Waals surface area contributed by atoms with Gasteiger partial charge in [0.25, 0.3) is 11.8 Å². The second kappa shape index (κ2) is 7.78. The topological polar surface area (TPSA) is 96.9 Å². The second-order valence-corrected chi connectivity index (χ2v) is 5.11. The van der Waals surface area contributed by atoms with E-state index < -0.39 is 5.91 Å². The molecule has 2 amide bonds. The van der Waals surface area contributed by atoms with Gasteiger partial charge in [0.1, 0.15) is 0 Å². The molecule has 2 heterocycles. The van der Waals surface area contributed by atoms with Gasteiger partial charge in [0, 0.05) is 36.9 Å². The van der Waals surface area contributed by atoms with E-state index in [1.54, 1.807) is 48.8 Å². The van der Waals surface area contributed by atoms with E-state index in [0.29, 0.717) is 12.1 Å². The number of pyridine rings is 1. The molecule has 0 saturated heterocycles. The van der Waals surface area contributed by atoms with E-state index in [1.807, 2.05) is 6.07 Å². The highest BCUT2D eigenvalue weighted by Crippen LogP contribution is 2.11. The van der Waals surface area contributed by atoms with Gasteiger partial charge in [-0.2, -0.15) is 0 Å². The van der Waals surface area contributed by atoms with Crippen molar-refractivity contribution in [2.75, 3.05) is 5.32 Å². The second-order valence-electron chi connectivity index (χ2n) is 5.11. The molecule has 2 aromatic heterocycles. The zero-order chi connectivity index (χ0) is 17.5. The molecule has 25 heavy (non-hydrogen) atoms. The summed E-state index contributed by atoms with van der Waals surface area (Å²) in [6.07, 6.45) is 6.12. The van der Waals surface area contributed by atoms with Crippen LogP contribution in [0.5, 0.6) is 0 Å². The van der Waals surface area contributed by atoms with Crippen molar-refractivity contribution < 1.29 is 9.59 Å². The molecule has 3 aromatic rings. The number of carbonyl (C=O) groups excluding carboxylic acids is 2. The summed E-state index contributed by atoms with van der Waals surface area (Å²) in [6, 6.07) is 12.3. The number of carbonyl (C=O) groups is 2. The Morgan fingerprint density at radius 3 is 2.32 bits per heavy atom. The normalized spacial score (nSPS) is 10.1. The molecule has 0 spiro atoms. The van der Waals surface area contributed by atoms with Gasteiger partial charge in [0.15, 0.2) is 11.5 Å². The first-order valence-corrected chi connectivity index (χ1v) is 7.58. The highest BCUT2D eigenvalue weighted by molar-refractivity contribution is 6.07. The van der Waals surface area contributed by atoms with Crippen LogP contribution in [0.3, 0.4) is 0 Å². The minimum atomic E-state index is -0.423. The molecule has 0 saturated carbocycles. The zero-order valence-electron chi connectivity index (χ0n) is 13.2. The minimum Gasteiger partial charge on any atom is -0.346 e. The van der Waals surface area contributed by atoms with E-state index in [4.69, 9.17) is 0 Å². The maximum atomic E-state index is 12.4. The van der Waals surface area contributed by atoms with E-state index in [2.05, 4.69) is 25.6 Å². The molecule has 3 rings (SSSR count). The van der Waals surface area contributed by atoms with Gasteiger partial charge in [0.05, 0.1) is 0 Å². The maximum absolute atomic E-state index is 12.4. The first-order chi connectivity index (χ1) is 12.2. The average molecular weight is 333 g/mol. The number of nitrogens with zero attached hydrogens (tertiary/aromatic N) is 3. The predicted molar refractivity (Wildman–Crippen MR) is 91.8 cm³/mol. The molecule has 0 unspecified atom stereocenters. The Hall–Kier alpha value is -3.61. The molecular weight excluding hydrogens is 318 g/mol. The lowest BCUT2D eigenvalue weighted by atomic mass is 10.2. The van der Waals surface area contributed by atoms with Crippen molar-refractivity contribution in [1.29, 1.82) is 0 Å². The molecule has 0 atom stereocenters. The molecule has 0 aliphatic carbocycles. The summed E-state index contributed by atoms with van der Waals surface area (Å²) in [5.74, 6) is -0.666. The highest BCUT2D eigenvalue weighted by atomic mass is 16.2. The molecule has 1 aromatic carbocycles. The Labute approximate surface area is 144 Å².